The lowest BCUT2D eigenvalue weighted by atomic mass is 9.88. The summed E-state index contributed by atoms with van der Waals surface area (Å²) in [6.07, 6.45) is 5.08. The van der Waals surface area contributed by atoms with Crippen molar-refractivity contribution in [2.24, 2.45) is 7.05 Å². The van der Waals surface area contributed by atoms with Crippen molar-refractivity contribution >= 4 is 10.0 Å². The van der Waals surface area contributed by atoms with Crippen LogP contribution in [0.25, 0.3) is 0 Å². The first-order valence-electron chi connectivity index (χ1n) is 6.75. The van der Waals surface area contributed by atoms with Crippen LogP contribution in [-0.4, -0.2) is 18.2 Å². The molecular formula is C14H16FN3O2S. The van der Waals surface area contributed by atoms with Gasteiger partial charge in [-0.05, 0) is 42.5 Å². The summed E-state index contributed by atoms with van der Waals surface area (Å²) >= 11 is 0. The molecular weight excluding hydrogens is 293 g/mol. The van der Waals surface area contributed by atoms with Crippen LogP contribution in [0.2, 0.25) is 0 Å². The number of hydrogen-bond donors (Lipinski definition) is 1. The molecule has 0 saturated heterocycles. The predicted octanol–water partition coefficient (Wildman–Crippen LogP) is 1.92. The highest BCUT2D eigenvalue weighted by Gasteiger charge is 2.26. The fraction of sp³-hybridized carbons (Fsp3) is 0.357. The summed E-state index contributed by atoms with van der Waals surface area (Å²) in [7, 11) is -1.95. The Kier molecular flexibility index (Phi) is 3.54. The minimum atomic E-state index is -3.62. The predicted molar refractivity (Wildman–Crippen MR) is 75.6 cm³/mol. The van der Waals surface area contributed by atoms with Crippen LogP contribution in [0.3, 0.4) is 0 Å². The second-order valence-corrected chi connectivity index (χ2v) is 6.97. The van der Waals surface area contributed by atoms with Crippen molar-refractivity contribution in [1.82, 2.24) is 14.5 Å². The van der Waals surface area contributed by atoms with Crippen LogP contribution in [0.15, 0.2) is 35.5 Å². The number of halogens is 1. The molecule has 5 nitrogen and oxygen atoms in total. The summed E-state index contributed by atoms with van der Waals surface area (Å²) in [5.74, 6) is -0.287. The summed E-state index contributed by atoms with van der Waals surface area (Å²) in [4.78, 5) is 0.138. The summed E-state index contributed by atoms with van der Waals surface area (Å²) in [5.41, 5.74) is 1.73. The van der Waals surface area contributed by atoms with E-state index in [0.717, 1.165) is 24.0 Å². The molecule has 21 heavy (non-hydrogen) atoms. The fourth-order valence-electron chi connectivity index (χ4n) is 2.70. The molecule has 7 heteroatoms. The summed E-state index contributed by atoms with van der Waals surface area (Å²) < 4.78 is 42.1. The zero-order valence-electron chi connectivity index (χ0n) is 11.6. The molecule has 0 unspecified atom stereocenters. The lowest BCUT2D eigenvalue weighted by Gasteiger charge is -2.26. The van der Waals surface area contributed by atoms with E-state index in [0.29, 0.717) is 6.42 Å². The van der Waals surface area contributed by atoms with Gasteiger partial charge in [-0.3, -0.25) is 4.68 Å². The van der Waals surface area contributed by atoms with Crippen molar-refractivity contribution in [2.75, 3.05) is 0 Å². The van der Waals surface area contributed by atoms with Crippen LogP contribution >= 0.6 is 0 Å². The average Bonchev–Trinajstić information content (AvgIpc) is 2.86. The van der Waals surface area contributed by atoms with E-state index in [1.54, 1.807) is 13.1 Å². The molecule has 1 aromatic carbocycles. The van der Waals surface area contributed by atoms with Crippen LogP contribution in [0.1, 0.15) is 30.0 Å². The van der Waals surface area contributed by atoms with E-state index in [2.05, 4.69) is 9.82 Å². The highest BCUT2D eigenvalue weighted by Crippen LogP contribution is 2.31. The zero-order chi connectivity index (χ0) is 15.0. The minimum absolute atomic E-state index is 0.138. The number of sulfonamides is 1. The van der Waals surface area contributed by atoms with Crippen LogP contribution in [0.5, 0.6) is 0 Å². The van der Waals surface area contributed by atoms with E-state index in [9.17, 15) is 12.8 Å². The van der Waals surface area contributed by atoms with Gasteiger partial charge >= 0.3 is 0 Å². The Morgan fingerprint density at radius 2 is 2.24 bits per heavy atom. The van der Waals surface area contributed by atoms with Gasteiger partial charge in [-0.1, -0.05) is 6.07 Å². The van der Waals surface area contributed by atoms with Crippen LogP contribution in [0, 0.1) is 5.82 Å². The molecule has 1 aliphatic rings. The first-order valence-corrected chi connectivity index (χ1v) is 8.23. The number of hydrogen-bond acceptors (Lipinski definition) is 3. The highest BCUT2D eigenvalue weighted by molar-refractivity contribution is 7.89. The third-order valence-electron chi connectivity index (χ3n) is 3.71. The normalized spacial score (nSPS) is 18.5. The number of rotatable bonds is 3. The van der Waals surface area contributed by atoms with Crippen LogP contribution in [-0.2, 0) is 23.5 Å². The fourth-order valence-corrected chi connectivity index (χ4v) is 3.93. The lowest BCUT2D eigenvalue weighted by molar-refractivity contribution is 0.504. The Labute approximate surface area is 122 Å². The van der Waals surface area contributed by atoms with Crippen molar-refractivity contribution in [2.45, 2.75) is 30.2 Å². The molecule has 0 spiro atoms. The van der Waals surface area contributed by atoms with Gasteiger partial charge in [0.1, 0.15) is 10.7 Å². The molecule has 0 bridgehead atoms. The Bertz CT molecular complexity index is 770. The Balaban J connectivity index is 1.90. The molecule has 1 aliphatic carbocycles. The van der Waals surface area contributed by atoms with E-state index in [-0.39, 0.29) is 16.8 Å². The quantitative estimate of drug-likeness (QED) is 0.942. The molecule has 112 valence electrons. The Hall–Kier alpha value is -1.73. The Morgan fingerprint density at radius 3 is 2.95 bits per heavy atom. The molecule has 1 N–H and O–H groups in total. The van der Waals surface area contributed by atoms with Gasteiger partial charge < -0.3 is 0 Å². The van der Waals surface area contributed by atoms with Crippen molar-refractivity contribution in [1.29, 1.82) is 0 Å². The first kappa shape index (κ1) is 14.2. The molecule has 0 amide bonds. The second kappa shape index (κ2) is 5.23. The maximum absolute atomic E-state index is 13.3. The Morgan fingerprint density at radius 1 is 1.43 bits per heavy atom. The van der Waals surface area contributed by atoms with Gasteiger partial charge in [0.05, 0.1) is 6.20 Å². The van der Waals surface area contributed by atoms with E-state index < -0.39 is 10.0 Å². The second-order valence-electron chi connectivity index (χ2n) is 5.26. The van der Waals surface area contributed by atoms with Gasteiger partial charge in [-0.2, -0.15) is 5.10 Å². The van der Waals surface area contributed by atoms with Crippen molar-refractivity contribution in [3.63, 3.8) is 0 Å². The number of aromatic nitrogens is 2. The number of nitrogens with zero attached hydrogens (tertiary/aromatic N) is 2. The third-order valence-corrected chi connectivity index (χ3v) is 5.13. The topological polar surface area (TPSA) is 64.0 Å². The van der Waals surface area contributed by atoms with Gasteiger partial charge in [0.2, 0.25) is 10.0 Å². The van der Waals surface area contributed by atoms with E-state index in [1.807, 2.05) is 0 Å². The SMILES string of the molecule is Cn1cc(S(=O)(=O)N[C@@H]2CCCc3cc(F)ccc32)cn1. The molecule has 0 saturated carbocycles. The average molecular weight is 309 g/mol. The van der Waals surface area contributed by atoms with E-state index in [1.165, 1.54) is 29.2 Å². The summed E-state index contributed by atoms with van der Waals surface area (Å²) in [6.45, 7) is 0. The molecule has 2 aromatic rings. The van der Waals surface area contributed by atoms with Gasteiger partial charge in [0.25, 0.3) is 0 Å². The highest BCUT2D eigenvalue weighted by atomic mass is 32.2. The third kappa shape index (κ3) is 2.84. The standard InChI is InChI=1S/C14H16FN3O2S/c1-18-9-12(8-16-18)21(19,20)17-14-4-2-3-10-7-11(15)5-6-13(10)14/h5-9,14,17H,2-4H2,1H3/t14-/m1/s1. The molecule has 1 heterocycles. The number of aryl methyl sites for hydroxylation is 2. The van der Waals surface area contributed by atoms with Crippen molar-refractivity contribution < 1.29 is 12.8 Å². The molecule has 0 aliphatic heterocycles. The largest absolute Gasteiger partial charge is 0.274 e. The van der Waals surface area contributed by atoms with Crippen molar-refractivity contribution in [3.05, 3.63) is 47.5 Å². The summed E-state index contributed by atoms with van der Waals surface area (Å²) in [5, 5.41) is 3.88. The minimum Gasteiger partial charge on any atom is -0.274 e. The van der Waals surface area contributed by atoms with Crippen LogP contribution < -0.4 is 4.72 Å². The van der Waals surface area contributed by atoms with Gasteiger partial charge in [-0.25, -0.2) is 17.5 Å². The van der Waals surface area contributed by atoms with Gasteiger partial charge in [0.15, 0.2) is 0 Å². The molecule has 1 atom stereocenters. The lowest BCUT2D eigenvalue weighted by Crippen LogP contribution is -2.31. The molecule has 0 radical (unpaired) electrons. The van der Waals surface area contributed by atoms with Crippen LogP contribution in [0.4, 0.5) is 4.39 Å². The van der Waals surface area contributed by atoms with E-state index in [4.69, 9.17) is 0 Å². The first-order chi connectivity index (χ1) is 9.95. The molecule has 1 aromatic heterocycles. The zero-order valence-corrected chi connectivity index (χ0v) is 12.4. The summed E-state index contributed by atoms with van der Waals surface area (Å²) in [6, 6.07) is 4.20. The molecule has 3 rings (SSSR count). The van der Waals surface area contributed by atoms with Gasteiger partial charge in [-0.15, -0.1) is 0 Å². The maximum Gasteiger partial charge on any atom is 0.244 e. The van der Waals surface area contributed by atoms with E-state index >= 15 is 0 Å². The monoisotopic (exact) mass is 309 g/mol. The number of nitrogens with one attached hydrogen (secondary N) is 1. The maximum atomic E-state index is 13.3. The smallest absolute Gasteiger partial charge is 0.244 e. The number of fused-ring (bicyclic) bond motifs is 1. The van der Waals surface area contributed by atoms with Crippen molar-refractivity contribution in [3.8, 4) is 0 Å². The molecule has 0 fully saturated rings. The van der Waals surface area contributed by atoms with Gasteiger partial charge in [0, 0.05) is 19.3 Å². The number of benzene rings is 1.